The molecular weight excluding hydrogens is 357 g/mol. The number of para-hydroxylation sites is 1. The molecule has 1 aliphatic carbocycles. The number of nitrogens with one attached hydrogen (secondary N) is 1. The first-order valence-electron chi connectivity index (χ1n) is 8.70. The average molecular weight is 390 g/mol. The number of benzene rings is 1. The Hall–Kier alpha value is -0.970. The Labute approximate surface area is 164 Å². The Kier molecular flexibility index (Phi) is 10.5. The lowest BCUT2D eigenvalue weighted by atomic mass is 9.75. The highest BCUT2D eigenvalue weighted by atomic mass is 35.5. The van der Waals surface area contributed by atoms with E-state index in [0.717, 1.165) is 36.6 Å². The van der Waals surface area contributed by atoms with Gasteiger partial charge >= 0.3 is 0 Å². The zero-order valence-electron chi connectivity index (χ0n) is 15.6. The minimum Gasteiger partial charge on any atom is -0.399 e. The first kappa shape index (κ1) is 24.0. The van der Waals surface area contributed by atoms with Gasteiger partial charge < -0.3 is 16.0 Å². The van der Waals surface area contributed by atoms with Crippen molar-refractivity contribution < 1.29 is 4.79 Å². The SMILES string of the molecule is CC1CCCC(CNC(=O)CCc2ccccc2N)(N(C)C)C1.Cl.Cl. The fraction of sp³-hybridized carbons (Fsp3) is 0.632. The van der Waals surface area contributed by atoms with Crippen LogP contribution in [0.3, 0.4) is 0 Å². The van der Waals surface area contributed by atoms with Crippen molar-refractivity contribution in [1.29, 1.82) is 0 Å². The van der Waals surface area contributed by atoms with Gasteiger partial charge in [0.05, 0.1) is 0 Å². The minimum absolute atomic E-state index is 0. The monoisotopic (exact) mass is 389 g/mol. The van der Waals surface area contributed by atoms with Crippen molar-refractivity contribution >= 4 is 36.4 Å². The zero-order valence-corrected chi connectivity index (χ0v) is 17.2. The van der Waals surface area contributed by atoms with Gasteiger partial charge in [0.1, 0.15) is 0 Å². The second-order valence-electron chi connectivity index (χ2n) is 7.30. The number of carbonyl (C=O) groups is 1. The highest BCUT2D eigenvalue weighted by Gasteiger charge is 2.37. The number of halogens is 2. The van der Waals surface area contributed by atoms with Crippen LogP contribution in [0.4, 0.5) is 5.69 Å². The van der Waals surface area contributed by atoms with Gasteiger partial charge in [-0.25, -0.2) is 0 Å². The van der Waals surface area contributed by atoms with Crippen LogP contribution in [0.15, 0.2) is 24.3 Å². The number of hydrogen-bond acceptors (Lipinski definition) is 3. The van der Waals surface area contributed by atoms with Crippen molar-refractivity contribution in [2.24, 2.45) is 5.92 Å². The number of carbonyl (C=O) groups excluding carboxylic acids is 1. The van der Waals surface area contributed by atoms with Gasteiger partial charge in [-0.05, 0) is 50.9 Å². The molecule has 2 unspecified atom stereocenters. The fourth-order valence-electron chi connectivity index (χ4n) is 3.72. The third-order valence-electron chi connectivity index (χ3n) is 5.31. The molecule has 144 valence electrons. The van der Waals surface area contributed by atoms with E-state index in [0.29, 0.717) is 12.8 Å². The Balaban J connectivity index is 0.00000288. The molecule has 2 rings (SSSR count). The van der Waals surface area contributed by atoms with Crippen LogP contribution in [0.5, 0.6) is 0 Å². The molecule has 1 aromatic rings. The molecule has 6 heteroatoms. The Morgan fingerprint density at radius 2 is 2.00 bits per heavy atom. The van der Waals surface area contributed by atoms with Gasteiger partial charge in [-0.1, -0.05) is 38.0 Å². The molecule has 1 amide bonds. The predicted molar refractivity (Wildman–Crippen MR) is 111 cm³/mol. The van der Waals surface area contributed by atoms with Gasteiger partial charge in [-0.2, -0.15) is 0 Å². The third kappa shape index (κ3) is 6.69. The number of rotatable bonds is 6. The molecule has 1 aliphatic rings. The molecule has 2 atom stereocenters. The summed E-state index contributed by atoms with van der Waals surface area (Å²) in [5.74, 6) is 0.847. The molecule has 3 N–H and O–H groups in total. The van der Waals surface area contributed by atoms with Crippen molar-refractivity contribution in [1.82, 2.24) is 10.2 Å². The lowest BCUT2D eigenvalue weighted by Gasteiger charge is -2.45. The zero-order chi connectivity index (χ0) is 16.9. The molecule has 0 aliphatic heterocycles. The van der Waals surface area contributed by atoms with E-state index in [9.17, 15) is 4.79 Å². The van der Waals surface area contributed by atoms with Gasteiger partial charge in [0, 0.05) is 24.2 Å². The second kappa shape index (κ2) is 10.9. The quantitative estimate of drug-likeness (QED) is 0.729. The van der Waals surface area contributed by atoms with Crippen molar-refractivity contribution in [2.75, 3.05) is 26.4 Å². The van der Waals surface area contributed by atoms with E-state index in [-0.39, 0.29) is 36.3 Å². The van der Waals surface area contributed by atoms with Crippen LogP contribution in [-0.2, 0) is 11.2 Å². The number of nitrogens with two attached hydrogens (primary N) is 1. The lowest BCUT2D eigenvalue weighted by molar-refractivity contribution is -0.121. The average Bonchev–Trinajstić information content (AvgIpc) is 2.52. The Morgan fingerprint density at radius 1 is 1.32 bits per heavy atom. The van der Waals surface area contributed by atoms with Crippen molar-refractivity contribution in [3.05, 3.63) is 29.8 Å². The van der Waals surface area contributed by atoms with Crippen LogP contribution in [-0.4, -0.2) is 37.0 Å². The van der Waals surface area contributed by atoms with E-state index in [1.54, 1.807) is 0 Å². The summed E-state index contributed by atoms with van der Waals surface area (Å²) in [7, 11) is 4.27. The number of amides is 1. The van der Waals surface area contributed by atoms with Crippen LogP contribution in [0.2, 0.25) is 0 Å². The molecule has 1 fully saturated rings. The van der Waals surface area contributed by atoms with Crippen molar-refractivity contribution in [3.8, 4) is 0 Å². The molecule has 1 saturated carbocycles. The van der Waals surface area contributed by atoms with Gasteiger partial charge in [0.15, 0.2) is 0 Å². The van der Waals surface area contributed by atoms with Gasteiger partial charge in [0.2, 0.25) is 5.91 Å². The second-order valence-corrected chi connectivity index (χ2v) is 7.30. The molecule has 0 spiro atoms. The van der Waals surface area contributed by atoms with Crippen molar-refractivity contribution in [2.45, 2.75) is 51.0 Å². The Bertz CT molecular complexity index is 539. The summed E-state index contributed by atoms with van der Waals surface area (Å²) in [5, 5.41) is 3.16. The van der Waals surface area contributed by atoms with Gasteiger partial charge in [-0.15, -0.1) is 24.8 Å². The summed E-state index contributed by atoms with van der Waals surface area (Å²) in [5.41, 5.74) is 7.87. The summed E-state index contributed by atoms with van der Waals surface area (Å²) < 4.78 is 0. The number of nitrogens with zero attached hydrogens (tertiary/aromatic N) is 1. The van der Waals surface area contributed by atoms with Crippen LogP contribution in [0.25, 0.3) is 0 Å². The molecule has 0 saturated heterocycles. The number of likely N-dealkylation sites (N-methyl/N-ethyl adjacent to an activating group) is 1. The van der Waals surface area contributed by atoms with E-state index >= 15 is 0 Å². The van der Waals surface area contributed by atoms with Crippen LogP contribution >= 0.6 is 24.8 Å². The first-order valence-corrected chi connectivity index (χ1v) is 8.70. The summed E-state index contributed by atoms with van der Waals surface area (Å²) in [4.78, 5) is 14.5. The normalized spacial score (nSPS) is 22.6. The molecule has 0 aromatic heterocycles. The highest BCUT2D eigenvalue weighted by molar-refractivity contribution is 5.85. The first-order chi connectivity index (χ1) is 10.9. The molecule has 25 heavy (non-hydrogen) atoms. The molecule has 1 aromatic carbocycles. The fourth-order valence-corrected chi connectivity index (χ4v) is 3.72. The largest absolute Gasteiger partial charge is 0.399 e. The number of nitrogen functional groups attached to an aromatic ring is 1. The summed E-state index contributed by atoms with van der Waals surface area (Å²) >= 11 is 0. The molecule has 0 bridgehead atoms. The van der Waals surface area contributed by atoms with Crippen LogP contribution < -0.4 is 11.1 Å². The summed E-state index contributed by atoms with van der Waals surface area (Å²) in [6, 6.07) is 7.77. The molecular formula is C19H33Cl2N3O. The topological polar surface area (TPSA) is 58.4 Å². The van der Waals surface area contributed by atoms with Crippen LogP contribution in [0, 0.1) is 5.92 Å². The number of hydrogen-bond donors (Lipinski definition) is 2. The third-order valence-corrected chi connectivity index (χ3v) is 5.31. The molecule has 0 heterocycles. The lowest BCUT2D eigenvalue weighted by Crippen LogP contribution is -2.55. The van der Waals surface area contributed by atoms with E-state index in [2.05, 4.69) is 31.2 Å². The predicted octanol–water partition coefficient (Wildman–Crippen LogP) is 3.67. The molecule has 4 nitrogen and oxygen atoms in total. The number of aryl methyl sites for hydroxylation is 1. The Morgan fingerprint density at radius 3 is 2.60 bits per heavy atom. The van der Waals surface area contributed by atoms with Crippen molar-refractivity contribution in [3.63, 3.8) is 0 Å². The minimum atomic E-state index is 0. The van der Waals surface area contributed by atoms with Gasteiger partial charge in [0.25, 0.3) is 0 Å². The summed E-state index contributed by atoms with van der Waals surface area (Å²) in [6.07, 6.45) is 6.06. The van der Waals surface area contributed by atoms with Crippen LogP contribution in [0.1, 0.15) is 44.6 Å². The molecule has 0 radical (unpaired) electrons. The maximum absolute atomic E-state index is 12.2. The summed E-state index contributed by atoms with van der Waals surface area (Å²) in [6.45, 7) is 3.06. The van der Waals surface area contributed by atoms with Gasteiger partial charge in [-0.3, -0.25) is 4.79 Å². The smallest absolute Gasteiger partial charge is 0.220 e. The van der Waals surface area contributed by atoms with E-state index < -0.39 is 0 Å². The van der Waals surface area contributed by atoms with E-state index in [1.807, 2.05) is 24.3 Å². The number of anilines is 1. The van der Waals surface area contributed by atoms with E-state index in [4.69, 9.17) is 5.73 Å². The maximum atomic E-state index is 12.2. The maximum Gasteiger partial charge on any atom is 0.220 e. The van der Waals surface area contributed by atoms with E-state index in [1.165, 1.54) is 12.8 Å². The standard InChI is InChI=1S/C19H31N3O.2ClH/c1-15-7-6-12-19(13-15,22(2)3)14-21-18(23)11-10-16-8-4-5-9-17(16)20;;/h4-5,8-9,15H,6-7,10-14,20H2,1-3H3,(H,21,23);2*1H. The highest BCUT2D eigenvalue weighted by Crippen LogP contribution is 2.35.